The SMILES string of the molecule is Nc1c#cc(-c2ccc(N)cc2C(F)(F)F)c(C(F)(F)F)c1. The third-order valence-electron chi connectivity index (χ3n) is 2.82. The predicted octanol–water partition coefficient (Wildman–Crippen LogP) is 4.16. The minimum Gasteiger partial charge on any atom is -0.399 e. The lowest BCUT2D eigenvalue weighted by atomic mass is 9.95. The molecule has 116 valence electrons. The van der Waals surface area contributed by atoms with Gasteiger partial charge < -0.3 is 11.5 Å². The lowest BCUT2D eigenvalue weighted by Crippen LogP contribution is -2.12. The molecule has 0 aliphatic carbocycles. The van der Waals surface area contributed by atoms with E-state index in [-0.39, 0.29) is 11.4 Å². The number of halogens is 6. The third kappa shape index (κ3) is 3.03. The van der Waals surface area contributed by atoms with Gasteiger partial charge >= 0.3 is 12.4 Å². The van der Waals surface area contributed by atoms with Crippen LogP contribution in [-0.2, 0) is 12.4 Å². The van der Waals surface area contributed by atoms with E-state index in [0.29, 0.717) is 12.1 Å². The molecule has 0 amide bonds. The molecule has 0 radical (unpaired) electrons. The first-order valence-electron chi connectivity index (χ1n) is 5.78. The van der Waals surface area contributed by atoms with Crippen molar-refractivity contribution >= 4 is 11.4 Å². The quantitative estimate of drug-likeness (QED) is 0.613. The second kappa shape index (κ2) is 5.02. The summed E-state index contributed by atoms with van der Waals surface area (Å²) in [5.41, 5.74) is 5.84. The van der Waals surface area contributed by atoms with Gasteiger partial charge in [-0.25, -0.2) is 0 Å². The van der Waals surface area contributed by atoms with Crippen molar-refractivity contribution in [1.82, 2.24) is 0 Å². The Labute approximate surface area is 121 Å². The molecule has 22 heavy (non-hydrogen) atoms. The number of rotatable bonds is 1. The Hall–Kier alpha value is -2.56. The van der Waals surface area contributed by atoms with Gasteiger partial charge in [0.05, 0.1) is 16.8 Å². The standard InChI is InChI=1S/C14H8F6N2/c15-13(16,17)11-5-7(21)1-3-9(11)10-4-2-8(22)6-12(10)14(18,19)20/h1,3,5-6H,21-22H2. The Morgan fingerprint density at radius 2 is 1.36 bits per heavy atom. The van der Waals surface area contributed by atoms with E-state index in [9.17, 15) is 26.3 Å². The van der Waals surface area contributed by atoms with E-state index < -0.39 is 34.6 Å². The van der Waals surface area contributed by atoms with Crippen LogP contribution in [0, 0.1) is 12.1 Å². The van der Waals surface area contributed by atoms with Gasteiger partial charge in [0.1, 0.15) is 0 Å². The fourth-order valence-corrected chi connectivity index (χ4v) is 1.92. The van der Waals surface area contributed by atoms with Gasteiger partial charge in [-0.2, -0.15) is 26.3 Å². The van der Waals surface area contributed by atoms with Crippen molar-refractivity contribution in [3.63, 3.8) is 0 Å². The van der Waals surface area contributed by atoms with Crippen LogP contribution in [0.15, 0.2) is 24.3 Å². The maximum atomic E-state index is 13.0. The summed E-state index contributed by atoms with van der Waals surface area (Å²) in [7, 11) is 0. The molecule has 8 heteroatoms. The first-order chi connectivity index (χ1) is 10.00. The van der Waals surface area contributed by atoms with Crippen LogP contribution in [0.4, 0.5) is 37.7 Å². The fraction of sp³-hybridized carbons (Fsp3) is 0.143. The molecule has 0 aliphatic rings. The topological polar surface area (TPSA) is 52.0 Å². The first-order valence-corrected chi connectivity index (χ1v) is 5.78. The Morgan fingerprint density at radius 1 is 0.773 bits per heavy atom. The summed E-state index contributed by atoms with van der Waals surface area (Å²) < 4.78 is 78.2. The normalized spacial score (nSPS) is 12.1. The molecule has 0 spiro atoms. The Bertz CT molecular complexity index is 642. The molecule has 4 N–H and O–H groups in total. The molecule has 2 nitrogen and oxygen atoms in total. The van der Waals surface area contributed by atoms with Gasteiger partial charge in [-0.1, -0.05) is 12.1 Å². The van der Waals surface area contributed by atoms with E-state index in [0.717, 1.165) is 12.1 Å². The molecule has 2 rings (SSSR count). The van der Waals surface area contributed by atoms with Gasteiger partial charge in [-0.15, -0.1) is 0 Å². The third-order valence-corrected chi connectivity index (χ3v) is 2.82. The molecular formula is C14H8F6N2. The van der Waals surface area contributed by atoms with E-state index in [1.165, 1.54) is 0 Å². The molecule has 0 atom stereocenters. The molecule has 2 aromatic rings. The maximum Gasteiger partial charge on any atom is 0.417 e. The van der Waals surface area contributed by atoms with Crippen LogP contribution in [0.5, 0.6) is 0 Å². The van der Waals surface area contributed by atoms with Crippen LogP contribution in [0.3, 0.4) is 0 Å². The lowest BCUT2D eigenvalue weighted by Gasteiger charge is -2.16. The van der Waals surface area contributed by atoms with Gasteiger partial charge in [0.2, 0.25) is 0 Å². The van der Waals surface area contributed by atoms with Gasteiger partial charge in [-0.05, 0) is 24.3 Å². The number of alkyl halides is 6. The van der Waals surface area contributed by atoms with Crippen LogP contribution in [-0.4, -0.2) is 0 Å². The first kappa shape index (κ1) is 15.8. The summed E-state index contributed by atoms with van der Waals surface area (Å²) in [5.74, 6) is 0. The zero-order chi connectivity index (χ0) is 16.7. The average molecular weight is 318 g/mol. The van der Waals surface area contributed by atoms with Crippen LogP contribution >= 0.6 is 0 Å². The van der Waals surface area contributed by atoms with E-state index in [1.807, 2.05) is 6.07 Å². The minimum absolute atomic E-state index is 0.218. The van der Waals surface area contributed by atoms with Crippen molar-refractivity contribution < 1.29 is 26.3 Å². The summed E-state index contributed by atoms with van der Waals surface area (Å²) >= 11 is 0. The van der Waals surface area contributed by atoms with Crippen molar-refractivity contribution in [2.24, 2.45) is 0 Å². The monoisotopic (exact) mass is 318 g/mol. The second-order valence-corrected chi connectivity index (χ2v) is 4.44. The predicted molar refractivity (Wildman–Crippen MR) is 68.4 cm³/mol. The second-order valence-electron chi connectivity index (χ2n) is 4.44. The van der Waals surface area contributed by atoms with Crippen LogP contribution in [0.2, 0.25) is 0 Å². The lowest BCUT2D eigenvalue weighted by molar-refractivity contribution is -0.139. The average Bonchev–Trinajstić information content (AvgIpc) is 2.37. The zero-order valence-corrected chi connectivity index (χ0v) is 10.7. The van der Waals surface area contributed by atoms with E-state index in [4.69, 9.17) is 11.5 Å². The highest BCUT2D eigenvalue weighted by molar-refractivity contribution is 5.73. The van der Waals surface area contributed by atoms with E-state index in [1.54, 1.807) is 0 Å². The number of anilines is 2. The highest BCUT2D eigenvalue weighted by atomic mass is 19.4. The fourth-order valence-electron chi connectivity index (χ4n) is 1.92. The van der Waals surface area contributed by atoms with Crippen LogP contribution < -0.4 is 11.5 Å². The Morgan fingerprint density at radius 3 is 1.91 bits per heavy atom. The molecule has 0 fully saturated rings. The number of nitrogens with two attached hydrogens (primary N) is 2. The summed E-state index contributed by atoms with van der Waals surface area (Å²) in [6, 6.07) is 7.24. The van der Waals surface area contributed by atoms with Gasteiger partial charge in [0.25, 0.3) is 0 Å². The van der Waals surface area contributed by atoms with Gasteiger partial charge in [0.15, 0.2) is 0 Å². The molecule has 0 aliphatic heterocycles. The number of hydrogen-bond acceptors (Lipinski definition) is 2. The zero-order valence-electron chi connectivity index (χ0n) is 10.7. The van der Waals surface area contributed by atoms with Crippen molar-refractivity contribution in [3.05, 3.63) is 47.5 Å². The van der Waals surface area contributed by atoms with Crippen LogP contribution in [0.1, 0.15) is 11.1 Å². The molecule has 0 heterocycles. The molecule has 0 unspecified atom stereocenters. The summed E-state index contributed by atoms with van der Waals surface area (Å²) in [6.07, 6.45) is -9.76. The highest BCUT2D eigenvalue weighted by Gasteiger charge is 2.38. The number of nitrogen functional groups attached to an aromatic ring is 2. The molecular weight excluding hydrogens is 310 g/mol. The molecule has 2 aromatic carbocycles. The summed E-state index contributed by atoms with van der Waals surface area (Å²) in [4.78, 5) is 0. The Balaban J connectivity index is 2.78. The minimum atomic E-state index is -4.89. The smallest absolute Gasteiger partial charge is 0.399 e. The molecule has 0 saturated carbocycles. The van der Waals surface area contributed by atoms with Crippen molar-refractivity contribution in [2.45, 2.75) is 12.4 Å². The van der Waals surface area contributed by atoms with Crippen LogP contribution in [0.25, 0.3) is 11.1 Å². The van der Waals surface area contributed by atoms with Crippen molar-refractivity contribution in [2.75, 3.05) is 11.5 Å². The maximum absolute atomic E-state index is 13.0. The van der Waals surface area contributed by atoms with E-state index >= 15 is 0 Å². The highest BCUT2D eigenvalue weighted by Crippen LogP contribution is 2.42. The Kier molecular flexibility index (Phi) is 3.61. The molecule has 0 aromatic heterocycles. The largest absolute Gasteiger partial charge is 0.417 e. The van der Waals surface area contributed by atoms with Crippen molar-refractivity contribution in [1.29, 1.82) is 0 Å². The summed E-state index contributed by atoms with van der Waals surface area (Å²) in [5, 5.41) is 0. The molecule has 0 bridgehead atoms. The molecule has 0 saturated heterocycles. The van der Waals surface area contributed by atoms with Gasteiger partial charge in [-0.3, -0.25) is 0 Å². The van der Waals surface area contributed by atoms with E-state index in [2.05, 4.69) is 6.07 Å². The summed E-state index contributed by atoms with van der Waals surface area (Å²) in [6.45, 7) is 0. The van der Waals surface area contributed by atoms with Gasteiger partial charge in [0, 0.05) is 16.8 Å². The van der Waals surface area contributed by atoms with Crippen molar-refractivity contribution in [3.8, 4) is 11.1 Å². The number of benzene rings is 1. The number of hydrogen-bond donors (Lipinski definition) is 2.